The van der Waals surface area contributed by atoms with E-state index < -0.39 is 0 Å². The van der Waals surface area contributed by atoms with Crippen LogP contribution >= 0.6 is 0 Å². The SMILES string of the molecule is CC(=O)N(C)CC(=O)Nc1ccc(Nc2cc(-n3cccn3)nc(C)n2)cc1. The summed E-state index contributed by atoms with van der Waals surface area (Å²) in [6, 6.07) is 10.8. The number of aromatic nitrogens is 4. The number of rotatable bonds is 6. The Morgan fingerprint density at radius 1 is 1.14 bits per heavy atom. The first-order valence-corrected chi connectivity index (χ1v) is 8.65. The molecule has 0 aliphatic rings. The Morgan fingerprint density at radius 2 is 1.86 bits per heavy atom. The molecule has 9 nitrogen and oxygen atoms in total. The fourth-order valence-electron chi connectivity index (χ4n) is 2.45. The van der Waals surface area contributed by atoms with E-state index in [0.717, 1.165) is 5.69 Å². The summed E-state index contributed by atoms with van der Waals surface area (Å²) in [5, 5.41) is 10.2. The molecule has 2 heterocycles. The van der Waals surface area contributed by atoms with Gasteiger partial charge < -0.3 is 15.5 Å². The third-order valence-electron chi connectivity index (χ3n) is 3.92. The van der Waals surface area contributed by atoms with Crippen molar-refractivity contribution in [3.05, 3.63) is 54.6 Å². The summed E-state index contributed by atoms with van der Waals surface area (Å²) >= 11 is 0. The van der Waals surface area contributed by atoms with E-state index in [1.165, 1.54) is 11.8 Å². The highest BCUT2D eigenvalue weighted by atomic mass is 16.2. The minimum atomic E-state index is -0.256. The van der Waals surface area contributed by atoms with Crippen LogP contribution in [0.25, 0.3) is 5.82 Å². The Balaban J connectivity index is 1.66. The normalized spacial score (nSPS) is 10.4. The van der Waals surface area contributed by atoms with E-state index in [1.807, 2.05) is 31.3 Å². The van der Waals surface area contributed by atoms with Crippen LogP contribution in [0.5, 0.6) is 0 Å². The van der Waals surface area contributed by atoms with Crippen LogP contribution in [0.3, 0.4) is 0 Å². The van der Waals surface area contributed by atoms with Gasteiger partial charge in [0, 0.05) is 43.8 Å². The van der Waals surface area contributed by atoms with Crippen molar-refractivity contribution in [3.8, 4) is 5.82 Å². The fourth-order valence-corrected chi connectivity index (χ4v) is 2.45. The Bertz CT molecular complexity index is 968. The Morgan fingerprint density at radius 3 is 2.50 bits per heavy atom. The molecule has 2 amide bonds. The second kappa shape index (κ2) is 8.30. The first-order valence-electron chi connectivity index (χ1n) is 8.65. The number of hydrogen-bond donors (Lipinski definition) is 2. The average Bonchev–Trinajstić information content (AvgIpc) is 3.17. The zero-order valence-corrected chi connectivity index (χ0v) is 15.9. The molecule has 0 fully saturated rings. The fraction of sp³-hybridized carbons (Fsp3) is 0.211. The smallest absolute Gasteiger partial charge is 0.243 e. The van der Waals surface area contributed by atoms with E-state index in [4.69, 9.17) is 0 Å². The van der Waals surface area contributed by atoms with Gasteiger partial charge >= 0.3 is 0 Å². The molecule has 3 aromatic rings. The van der Waals surface area contributed by atoms with Crippen LogP contribution in [-0.2, 0) is 9.59 Å². The topological polar surface area (TPSA) is 105 Å². The average molecular weight is 379 g/mol. The van der Waals surface area contributed by atoms with Crippen molar-refractivity contribution in [1.29, 1.82) is 0 Å². The molecule has 0 bridgehead atoms. The van der Waals surface area contributed by atoms with Crippen LogP contribution in [0.4, 0.5) is 17.2 Å². The molecule has 9 heteroatoms. The molecule has 1 aromatic carbocycles. The molecule has 0 atom stereocenters. The molecule has 3 rings (SSSR count). The molecule has 0 unspecified atom stereocenters. The predicted molar refractivity (Wildman–Crippen MR) is 106 cm³/mol. The van der Waals surface area contributed by atoms with Gasteiger partial charge in [0.2, 0.25) is 11.8 Å². The second-order valence-corrected chi connectivity index (χ2v) is 6.23. The third-order valence-corrected chi connectivity index (χ3v) is 3.92. The number of likely N-dealkylation sites (N-methyl/N-ethyl adjacent to an activating group) is 1. The lowest BCUT2D eigenvalue weighted by Gasteiger charge is -2.14. The summed E-state index contributed by atoms with van der Waals surface area (Å²) in [7, 11) is 1.58. The monoisotopic (exact) mass is 379 g/mol. The number of carbonyl (C=O) groups is 2. The Kier molecular flexibility index (Phi) is 5.64. The largest absolute Gasteiger partial charge is 0.340 e. The van der Waals surface area contributed by atoms with Crippen molar-refractivity contribution in [2.75, 3.05) is 24.2 Å². The standard InChI is InChI=1S/C19H21N7O2/c1-13-21-17(11-18(22-13)26-10-4-9-20-26)23-15-5-7-16(8-6-15)24-19(28)12-25(3)14(2)27/h4-11H,12H2,1-3H3,(H,24,28)(H,21,22,23). The molecule has 0 saturated heterocycles. The van der Waals surface area contributed by atoms with Crippen LogP contribution in [0, 0.1) is 6.92 Å². The zero-order valence-electron chi connectivity index (χ0n) is 15.9. The van der Waals surface area contributed by atoms with Gasteiger partial charge in [0.05, 0.1) is 6.54 Å². The number of carbonyl (C=O) groups excluding carboxylic acids is 2. The molecule has 0 aliphatic carbocycles. The van der Waals surface area contributed by atoms with Crippen molar-refractivity contribution in [3.63, 3.8) is 0 Å². The minimum absolute atomic E-state index is 0.00571. The van der Waals surface area contributed by atoms with Gasteiger partial charge in [-0.1, -0.05) is 0 Å². The maximum Gasteiger partial charge on any atom is 0.243 e. The lowest BCUT2D eigenvalue weighted by Crippen LogP contribution is -2.33. The number of amides is 2. The van der Waals surface area contributed by atoms with Gasteiger partial charge in [-0.05, 0) is 37.3 Å². The highest BCUT2D eigenvalue weighted by Crippen LogP contribution is 2.19. The highest BCUT2D eigenvalue weighted by molar-refractivity contribution is 5.94. The third kappa shape index (κ3) is 4.91. The van der Waals surface area contributed by atoms with E-state index in [-0.39, 0.29) is 18.4 Å². The number of nitrogens with one attached hydrogen (secondary N) is 2. The lowest BCUT2D eigenvalue weighted by molar-refractivity contribution is -0.131. The number of nitrogens with zero attached hydrogens (tertiary/aromatic N) is 5. The van der Waals surface area contributed by atoms with Crippen molar-refractivity contribution >= 4 is 29.0 Å². The molecule has 0 radical (unpaired) electrons. The number of aryl methyl sites for hydroxylation is 1. The van der Waals surface area contributed by atoms with Gasteiger partial charge in [-0.3, -0.25) is 9.59 Å². The van der Waals surface area contributed by atoms with Gasteiger partial charge in [0.1, 0.15) is 11.6 Å². The van der Waals surface area contributed by atoms with Crippen LogP contribution < -0.4 is 10.6 Å². The van der Waals surface area contributed by atoms with Crippen LogP contribution in [0.1, 0.15) is 12.7 Å². The quantitative estimate of drug-likeness (QED) is 0.680. The molecule has 0 spiro atoms. The van der Waals surface area contributed by atoms with Crippen molar-refractivity contribution in [2.24, 2.45) is 0 Å². The van der Waals surface area contributed by atoms with Crippen LogP contribution in [0.2, 0.25) is 0 Å². The van der Waals surface area contributed by atoms with E-state index in [1.54, 1.807) is 36.1 Å². The van der Waals surface area contributed by atoms with Crippen LogP contribution in [-0.4, -0.2) is 50.1 Å². The van der Waals surface area contributed by atoms with E-state index in [2.05, 4.69) is 25.7 Å². The molecular weight excluding hydrogens is 358 g/mol. The maximum absolute atomic E-state index is 11.9. The summed E-state index contributed by atoms with van der Waals surface area (Å²) in [5.74, 6) is 1.50. The molecule has 0 aliphatic heterocycles. The van der Waals surface area contributed by atoms with E-state index in [9.17, 15) is 9.59 Å². The molecule has 2 aromatic heterocycles. The lowest BCUT2D eigenvalue weighted by atomic mass is 10.2. The van der Waals surface area contributed by atoms with E-state index in [0.29, 0.717) is 23.1 Å². The highest BCUT2D eigenvalue weighted by Gasteiger charge is 2.09. The number of hydrogen-bond acceptors (Lipinski definition) is 6. The summed E-state index contributed by atoms with van der Waals surface area (Å²) in [6.45, 7) is 3.24. The van der Waals surface area contributed by atoms with E-state index >= 15 is 0 Å². The second-order valence-electron chi connectivity index (χ2n) is 6.23. The molecular formula is C19H21N7O2. The Hall–Kier alpha value is -3.75. The zero-order chi connectivity index (χ0) is 20.1. The van der Waals surface area contributed by atoms with Gasteiger partial charge in [-0.25, -0.2) is 14.6 Å². The molecule has 2 N–H and O–H groups in total. The van der Waals surface area contributed by atoms with Gasteiger partial charge in [0.15, 0.2) is 5.82 Å². The van der Waals surface area contributed by atoms with Crippen molar-refractivity contribution in [2.45, 2.75) is 13.8 Å². The number of anilines is 3. The first kappa shape index (κ1) is 19.0. The van der Waals surface area contributed by atoms with Crippen molar-refractivity contribution < 1.29 is 9.59 Å². The summed E-state index contributed by atoms with van der Waals surface area (Å²) in [4.78, 5) is 33.2. The summed E-state index contributed by atoms with van der Waals surface area (Å²) in [6.07, 6.45) is 3.50. The maximum atomic E-state index is 11.9. The Labute approximate surface area is 162 Å². The summed E-state index contributed by atoms with van der Waals surface area (Å²) < 4.78 is 1.66. The van der Waals surface area contributed by atoms with Gasteiger partial charge in [-0.15, -0.1) is 0 Å². The van der Waals surface area contributed by atoms with Crippen LogP contribution in [0.15, 0.2) is 48.8 Å². The minimum Gasteiger partial charge on any atom is -0.340 e. The summed E-state index contributed by atoms with van der Waals surface area (Å²) in [5.41, 5.74) is 1.45. The van der Waals surface area contributed by atoms with Gasteiger partial charge in [0.25, 0.3) is 0 Å². The molecule has 28 heavy (non-hydrogen) atoms. The molecule has 0 saturated carbocycles. The first-order chi connectivity index (χ1) is 13.4. The number of benzene rings is 1. The van der Waals surface area contributed by atoms with Gasteiger partial charge in [-0.2, -0.15) is 5.10 Å². The molecule has 144 valence electrons. The predicted octanol–water partition coefficient (Wildman–Crippen LogP) is 2.13. The van der Waals surface area contributed by atoms with Crippen molar-refractivity contribution in [1.82, 2.24) is 24.6 Å².